The third-order valence-electron chi connectivity index (χ3n) is 5.86. The van der Waals surface area contributed by atoms with E-state index in [1.165, 1.54) is 4.90 Å². The van der Waals surface area contributed by atoms with Crippen LogP contribution in [0.5, 0.6) is 0 Å². The van der Waals surface area contributed by atoms with Gasteiger partial charge in [-0.15, -0.1) is 0 Å². The molecule has 6 heteroatoms. The molecule has 33 heavy (non-hydrogen) atoms. The molecular formula is C27H26N2O4. The van der Waals surface area contributed by atoms with Crippen molar-refractivity contribution in [1.82, 2.24) is 0 Å². The van der Waals surface area contributed by atoms with E-state index in [9.17, 15) is 14.7 Å². The van der Waals surface area contributed by atoms with Crippen molar-refractivity contribution in [3.05, 3.63) is 102 Å². The Balaban J connectivity index is 1.76. The van der Waals surface area contributed by atoms with Crippen molar-refractivity contribution in [2.75, 3.05) is 16.8 Å². The van der Waals surface area contributed by atoms with Crippen LogP contribution >= 0.6 is 0 Å². The molecule has 2 amide bonds. The molecular weight excluding hydrogens is 416 g/mol. The zero-order valence-corrected chi connectivity index (χ0v) is 18.3. The summed E-state index contributed by atoms with van der Waals surface area (Å²) in [5.41, 5.74) is 0.792. The predicted octanol–water partition coefficient (Wildman–Crippen LogP) is 4.38. The Bertz CT molecular complexity index is 1180. The maximum atomic E-state index is 13.6. The number of nitrogens with zero attached hydrogens (tertiary/aromatic N) is 1. The maximum Gasteiger partial charge on any atom is 0.268 e. The molecule has 1 heterocycles. The van der Waals surface area contributed by atoms with Crippen molar-refractivity contribution < 1.29 is 19.8 Å². The third kappa shape index (κ3) is 4.18. The third-order valence-corrected chi connectivity index (χ3v) is 5.86. The van der Waals surface area contributed by atoms with E-state index in [1.54, 1.807) is 61.5 Å². The van der Waals surface area contributed by atoms with Gasteiger partial charge in [0, 0.05) is 35.0 Å². The van der Waals surface area contributed by atoms with Gasteiger partial charge in [-0.2, -0.15) is 0 Å². The van der Waals surface area contributed by atoms with Crippen LogP contribution in [0, 0.1) is 5.92 Å². The van der Waals surface area contributed by atoms with E-state index in [1.807, 2.05) is 36.4 Å². The first-order chi connectivity index (χ1) is 16.0. The fourth-order valence-corrected chi connectivity index (χ4v) is 4.09. The minimum absolute atomic E-state index is 0.0159. The first-order valence-electron chi connectivity index (χ1n) is 10.9. The normalized spacial score (nSPS) is 18.4. The van der Waals surface area contributed by atoms with E-state index in [0.717, 1.165) is 0 Å². The highest BCUT2D eigenvalue weighted by atomic mass is 16.3. The molecule has 0 spiro atoms. The van der Waals surface area contributed by atoms with Crippen molar-refractivity contribution in [2.24, 2.45) is 5.92 Å². The summed E-state index contributed by atoms with van der Waals surface area (Å²) in [5, 5.41) is 23.7. The maximum absolute atomic E-state index is 13.6. The van der Waals surface area contributed by atoms with Crippen molar-refractivity contribution in [3.63, 3.8) is 0 Å². The average Bonchev–Trinajstić information content (AvgIpc) is 3.07. The fraction of sp³-hybridized carbons (Fsp3) is 0.185. The molecule has 1 aliphatic heterocycles. The molecule has 3 aromatic rings. The van der Waals surface area contributed by atoms with Crippen molar-refractivity contribution >= 4 is 28.9 Å². The number of aliphatic hydroxyl groups is 2. The summed E-state index contributed by atoms with van der Waals surface area (Å²) >= 11 is 0. The smallest absolute Gasteiger partial charge is 0.268 e. The first-order valence-corrected chi connectivity index (χ1v) is 10.9. The van der Waals surface area contributed by atoms with Crippen LogP contribution in [0.1, 0.15) is 29.3 Å². The topological polar surface area (TPSA) is 89.9 Å². The van der Waals surface area contributed by atoms with Gasteiger partial charge in [-0.25, -0.2) is 0 Å². The lowest BCUT2D eigenvalue weighted by Crippen LogP contribution is -2.42. The number of para-hydroxylation sites is 1. The zero-order chi connectivity index (χ0) is 23.4. The molecule has 1 aliphatic rings. The molecule has 0 unspecified atom stereocenters. The number of hydrogen-bond donors (Lipinski definition) is 3. The van der Waals surface area contributed by atoms with Gasteiger partial charge in [0.2, 0.25) is 0 Å². The van der Waals surface area contributed by atoms with Crippen molar-refractivity contribution in [1.29, 1.82) is 0 Å². The number of anilines is 3. The average molecular weight is 443 g/mol. The summed E-state index contributed by atoms with van der Waals surface area (Å²) in [6.45, 7) is 1.75. The molecule has 0 radical (unpaired) electrons. The largest absolute Gasteiger partial charge is 0.396 e. The molecule has 6 nitrogen and oxygen atoms in total. The van der Waals surface area contributed by atoms with E-state index < -0.39 is 17.4 Å². The summed E-state index contributed by atoms with van der Waals surface area (Å²) in [5.74, 6) is -1.31. The number of carbonyl (C=O) groups excluding carboxylic acids is 2. The van der Waals surface area contributed by atoms with Gasteiger partial charge < -0.3 is 15.5 Å². The Labute approximate surface area is 192 Å². The van der Waals surface area contributed by atoms with Gasteiger partial charge >= 0.3 is 0 Å². The highest BCUT2D eigenvalue weighted by Crippen LogP contribution is 2.49. The van der Waals surface area contributed by atoms with Crippen molar-refractivity contribution in [3.8, 4) is 0 Å². The minimum atomic E-state index is -1.83. The van der Waals surface area contributed by atoms with Crippen LogP contribution in [-0.4, -0.2) is 28.6 Å². The molecule has 4 rings (SSSR count). The van der Waals surface area contributed by atoms with Crippen LogP contribution in [0.3, 0.4) is 0 Å². The van der Waals surface area contributed by atoms with Gasteiger partial charge in [0.15, 0.2) is 5.60 Å². The van der Waals surface area contributed by atoms with Gasteiger partial charge in [0.1, 0.15) is 0 Å². The number of carbonyl (C=O) groups is 2. The van der Waals surface area contributed by atoms with Crippen LogP contribution in [0.15, 0.2) is 91.0 Å². The minimum Gasteiger partial charge on any atom is -0.396 e. The van der Waals surface area contributed by atoms with Crippen molar-refractivity contribution in [2.45, 2.75) is 18.9 Å². The highest BCUT2D eigenvalue weighted by Gasteiger charge is 2.53. The molecule has 0 bridgehead atoms. The zero-order valence-electron chi connectivity index (χ0n) is 18.3. The first kappa shape index (κ1) is 22.5. The quantitative estimate of drug-likeness (QED) is 0.474. The second kappa shape index (κ2) is 9.40. The van der Waals surface area contributed by atoms with Crippen LogP contribution < -0.4 is 10.2 Å². The van der Waals surface area contributed by atoms with Gasteiger partial charge in [0.25, 0.3) is 11.8 Å². The summed E-state index contributed by atoms with van der Waals surface area (Å²) in [6.07, 6.45) is 3.92. The lowest BCUT2D eigenvalue weighted by molar-refractivity contribution is -0.138. The lowest BCUT2D eigenvalue weighted by atomic mass is 9.82. The Hall–Kier alpha value is -3.74. The van der Waals surface area contributed by atoms with Gasteiger partial charge in [-0.1, -0.05) is 55.5 Å². The lowest BCUT2D eigenvalue weighted by Gasteiger charge is -2.27. The molecule has 0 saturated heterocycles. The van der Waals surface area contributed by atoms with Gasteiger partial charge in [0.05, 0.1) is 5.69 Å². The number of nitrogens with one attached hydrogen (secondary N) is 1. The number of rotatable bonds is 7. The van der Waals surface area contributed by atoms with Gasteiger partial charge in [-0.3, -0.25) is 14.5 Å². The van der Waals surface area contributed by atoms with E-state index in [0.29, 0.717) is 34.6 Å². The molecule has 3 aromatic carbocycles. The summed E-state index contributed by atoms with van der Waals surface area (Å²) in [4.78, 5) is 27.8. The van der Waals surface area contributed by atoms with Crippen LogP contribution in [0.2, 0.25) is 0 Å². The molecule has 3 N–H and O–H groups in total. The van der Waals surface area contributed by atoms with E-state index >= 15 is 0 Å². The second-order valence-corrected chi connectivity index (χ2v) is 8.02. The van der Waals surface area contributed by atoms with Crippen LogP contribution in [0.4, 0.5) is 17.1 Å². The number of aliphatic hydroxyl groups excluding tert-OH is 1. The number of benzene rings is 3. The molecule has 0 saturated carbocycles. The molecule has 0 aliphatic carbocycles. The molecule has 0 aromatic heterocycles. The number of fused-ring (bicyclic) bond motifs is 1. The fourth-order valence-electron chi connectivity index (χ4n) is 4.09. The van der Waals surface area contributed by atoms with E-state index in [4.69, 9.17) is 5.11 Å². The standard InChI is InChI=1S/C27H26N2O4/c1-19(10-8-9-17-30)27(33)23-18-21(28-25(31)20-11-4-2-5-12-20)15-16-24(23)29(26(27)32)22-13-6-3-7-14-22/h2-8,10-16,18-19,30,33H,9,17H2,1H3,(H,28,31)/b10-8+/t19-,27+/m1/s1. The highest BCUT2D eigenvalue weighted by molar-refractivity contribution is 6.13. The summed E-state index contributed by atoms with van der Waals surface area (Å²) < 4.78 is 0. The van der Waals surface area contributed by atoms with E-state index in [2.05, 4.69) is 5.32 Å². The summed E-state index contributed by atoms with van der Waals surface area (Å²) in [7, 11) is 0. The molecule has 0 fully saturated rings. The molecule has 168 valence electrons. The second-order valence-electron chi connectivity index (χ2n) is 8.02. The molecule has 2 atom stereocenters. The SMILES string of the molecule is C[C@H](/C=C/CCO)[C@@]1(O)C(=O)N(c2ccccc2)c2ccc(NC(=O)c3ccccc3)cc21. The van der Waals surface area contributed by atoms with E-state index in [-0.39, 0.29) is 12.5 Å². The Morgan fingerprint density at radius 3 is 2.39 bits per heavy atom. The Kier molecular flexibility index (Phi) is 6.40. The number of hydrogen-bond acceptors (Lipinski definition) is 4. The number of amides is 2. The Morgan fingerprint density at radius 1 is 1.06 bits per heavy atom. The van der Waals surface area contributed by atoms with Gasteiger partial charge in [-0.05, 0) is 48.9 Å². The monoisotopic (exact) mass is 442 g/mol. The predicted molar refractivity (Wildman–Crippen MR) is 128 cm³/mol. The van der Waals surface area contributed by atoms with Crippen LogP contribution in [0.25, 0.3) is 0 Å². The Morgan fingerprint density at radius 2 is 1.73 bits per heavy atom. The van der Waals surface area contributed by atoms with Crippen LogP contribution in [-0.2, 0) is 10.4 Å². The summed E-state index contributed by atoms with van der Waals surface area (Å²) in [6, 6.07) is 23.1.